The van der Waals surface area contributed by atoms with E-state index in [4.69, 9.17) is 0 Å². The second-order valence-electron chi connectivity index (χ2n) is 4.96. The van der Waals surface area contributed by atoms with Crippen molar-refractivity contribution in [3.63, 3.8) is 0 Å². The van der Waals surface area contributed by atoms with E-state index in [9.17, 15) is 0 Å². The summed E-state index contributed by atoms with van der Waals surface area (Å²) < 4.78 is 0. The fraction of sp³-hybridized carbons (Fsp3) is 1.00. The highest BCUT2D eigenvalue weighted by molar-refractivity contribution is 5.12. The van der Waals surface area contributed by atoms with Crippen LogP contribution < -0.4 is 5.32 Å². The van der Waals surface area contributed by atoms with Gasteiger partial charge >= 0.3 is 0 Å². The molecule has 0 aromatic heterocycles. The largest absolute Gasteiger partial charge is 0.315 e. The number of nitrogens with one attached hydrogen (secondary N) is 1. The van der Waals surface area contributed by atoms with Crippen LogP contribution in [0.25, 0.3) is 0 Å². The summed E-state index contributed by atoms with van der Waals surface area (Å²) in [5.74, 6) is 0.860. The SMILES string of the molecule is CC(C)C1(C)CCC12CNC2. The van der Waals surface area contributed by atoms with Crippen LogP contribution in [0.1, 0.15) is 33.6 Å². The quantitative estimate of drug-likeness (QED) is 0.608. The second-order valence-corrected chi connectivity index (χ2v) is 4.96. The zero-order chi connectivity index (χ0) is 8.11. The Morgan fingerprint density at radius 2 is 1.82 bits per heavy atom. The summed E-state index contributed by atoms with van der Waals surface area (Å²) in [6.07, 6.45) is 2.92. The Balaban J connectivity index is 2.14. The first-order valence-corrected chi connectivity index (χ1v) is 4.81. The molecule has 1 atom stereocenters. The molecule has 1 aliphatic heterocycles. The van der Waals surface area contributed by atoms with Crippen molar-refractivity contribution in [2.24, 2.45) is 16.7 Å². The molecule has 1 N–H and O–H groups in total. The molecule has 11 heavy (non-hydrogen) atoms. The molecule has 1 heterocycles. The van der Waals surface area contributed by atoms with E-state index in [0.717, 1.165) is 5.92 Å². The van der Waals surface area contributed by atoms with Gasteiger partial charge < -0.3 is 5.32 Å². The predicted molar refractivity (Wildman–Crippen MR) is 47.5 cm³/mol. The molecule has 1 nitrogen and oxygen atoms in total. The third-order valence-electron chi connectivity index (χ3n) is 4.54. The van der Waals surface area contributed by atoms with Crippen LogP contribution in [0.2, 0.25) is 0 Å². The normalized spacial score (nSPS) is 40.4. The minimum Gasteiger partial charge on any atom is -0.315 e. The van der Waals surface area contributed by atoms with Crippen LogP contribution in [-0.4, -0.2) is 13.1 Å². The summed E-state index contributed by atoms with van der Waals surface area (Å²) in [5.41, 5.74) is 1.36. The lowest BCUT2D eigenvalue weighted by atomic mass is 9.44. The Bertz CT molecular complexity index is 164. The first-order chi connectivity index (χ1) is 5.11. The smallest absolute Gasteiger partial charge is 0.00256 e. The highest BCUT2D eigenvalue weighted by Gasteiger charge is 2.59. The summed E-state index contributed by atoms with van der Waals surface area (Å²) >= 11 is 0. The second kappa shape index (κ2) is 2.01. The Morgan fingerprint density at radius 1 is 1.18 bits per heavy atom. The highest BCUT2D eigenvalue weighted by atomic mass is 15.0. The van der Waals surface area contributed by atoms with Gasteiger partial charge in [-0.2, -0.15) is 0 Å². The summed E-state index contributed by atoms with van der Waals surface area (Å²) in [5, 5.41) is 3.41. The molecular formula is C10H19N. The van der Waals surface area contributed by atoms with Crippen molar-refractivity contribution in [1.82, 2.24) is 5.32 Å². The van der Waals surface area contributed by atoms with E-state index in [2.05, 4.69) is 26.1 Å². The Kier molecular flexibility index (Phi) is 1.39. The minimum atomic E-state index is 0.651. The van der Waals surface area contributed by atoms with E-state index in [1.807, 2.05) is 0 Å². The molecule has 1 heteroatoms. The Morgan fingerprint density at radius 3 is 1.91 bits per heavy atom. The van der Waals surface area contributed by atoms with E-state index >= 15 is 0 Å². The van der Waals surface area contributed by atoms with Crippen molar-refractivity contribution in [2.45, 2.75) is 33.6 Å². The molecule has 0 bridgehead atoms. The Hall–Kier alpha value is -0.0400. The summed E-state index contributed by atoms with van der Waals surface area (Å²) in [7, 11) is 0. The maximum atomic E-state index is 3.41. The third kappa shape index (κ3) is 0.703. The number of hydrogen-bond donors (Lipinski definition) is 1. The standard InChI is InChI=1S/C10H19N/c1-8(2)9(3)4-5-10(9)6-11-7-10/h8,11H,4-7H2,1-3H3. The van der Waals surface area contributed by atoms with Gasteiger partial charge in [0.25, 0.3) is 0 Å². The highest BCUT2D eigenvalue weighted by Crippen LogP contribution is 2.62. The van der Waals surface area contributed by atoms with E-state index in [1.54, 1.807) is 0 Å². The van der Waals surface area contributed by atoms with E-state index in [1.165, 1.54) is 25.9 Å². The molecule has 1 saturated carbocycles. The molecular weight excluding hydrogens is 134 g/mol. The van der Waals surface area contributed by atoms with Gasteiger partial charge in [-0.1, -0.05) is 20.8 Å². The molecule has 64 valence electrons. The monoisotopic (exact) mass is 153 g/mol. The van der Waals surface area contributed by atoms with Crippen LogP contribution in [0.15, 0.2) is 0 Å². The average Bonchev–Trinajstić information content (AvgIpc) is 1.80. The minimum absolute atomic E-state index is 0.651. The number of rotatable bonds is 1. The van der Waals surface area contributed by atoms with E-state index in [-0.39, 0.29) is 0 Å². The van der Waals surface area contributed by atoms with Crippen LogP contribution in [0.3, 0.4) is 0 Å². The van der Waals surface area contributed by atoms with Crippen molar-refractivity contribution < 1.29 is 0 Å². The molecule has 0 aromatic rings. The molecule has 0 amide bonds. The molecule has 1 aliphatic carbocycles. The summed E-state index contributed by atoms with van der Waals surface area (Å²) in [6.45, 7) is 9.78. The molecule has 2 rings (SSSR count). The van der Waals surface area contributed by atoms with Crippen molar-refractivity contribution >= 4 is 0 Å². The van der Waals surface area contributed by atoms with Gasteiger partial charge in [-0.05, 0) is 24.2 Å². The van der Waals surface area contributed by atoms with Crippen LogP contribution >= 0.6 is 0 Å². The molecule has 1 spiro atoms. The van der Waals surface area contributed by atoms with Gasteiger partial charge in [-0.3, -0.25) is 0 Å². The molecule has 1 unspecified atom stereocenters. The molecule has 2 fully saturated rings. The van der Waals surface area contributed by atoms with E-state index < -0.39 is 0 Å². The van der Waals surface area contributed by atoms with Gasteiger partial charge in [0, 0.05) is 18.5 Å². The Labute approximate surface area is 69.6 Å². The van der Waals surface area contributed by atoms with E-state index in [0.29, 0.717) is 10.8 Å². The first-order valence-electron chi connectivity index (χ1n) is 4.81. The lowest BCUT2D eigenvalue weighted by Crippen LogP contribution is -2.68. The maximum absolute atomic E-state index is 3.41. The van der Waals surface area contributed by atoms with Gasteiger partial charge in [0.1, 0.15) is 0 Å². The number of hydrogen-bond acceptors (Lipinski definition) is 1. The van der Waals surface area contributed by atoms with Gasteiger partial charge in [0.2, 0.25) is 0 Å². The molecule has 0 aromatic carbocycles. The third-order valence-corrected chi connectivity index (χ3v) is 4.54. The van der Waals surface area contributed by atoms with Crippen LogP contribution in [-0.2, 0) is 0 Å². The summed E-state index contributed by atoms with van der Waals surface area (Å²) in [6, 6.07) is 0. The van der Waals surface area contributed by atoms with Crippen molar-refractivity contribution in [2.75, 3.05) is 13.1 Å². The zero-order valence-electron chi connectivity index (χ0n) is 7.91. The topological polar surface area (TPSA) is 12.0 Å². The van der Waals surface area contributed by atoms with Crippen LogP contribution in [0.5, 0.6) is 0 Å². The van der Waals surface area contributed by atoms with Gasteiger partial charge in [0.15, 0.2) is 0 Å². The van der Waals surface area contributed by atoms with Crippen molar-refractivity contribution in [1.29, 1.82) is 0 Å². The zero-order valence-corrected chi connectivity index (χ0v) is 7.91. The average molecular weight is 153 g/mol. The predicted octanol–water partition coefficient (Wildman–Crippen LogP) is 2.03. The van der Waals surface area contributed by atoms with Crippen LogP contribution in [0, 0.1) is 16.7 Å². The maximum Gasteiger partial charge on any atom is 0.00256 e. The van der Waals surface area contributed by atoms with Gasteiger partial charge in [-0.25, -0.2) is 0 Å². The molecule has 1 saturated heterocycles. The van der Waals surface area contributed by atoms with Crippen molar-refractivity contribution in [3.05, 3.63) is 0 Å². The fourth-order valence-electron chi connectivity index (χ4n) is 2.78. The first kappa shape index (κ1) is 7.60. The fourth-order valence-corrected chi connectivity index (χ4v) is 2.78. The molecule has 2 aliphatic rings. The lowest BCUT2D eigenvalue weighted by molar-refractivity contribution is -0.135. The lowest BCUT2D eigenvalue weighted by Gasteiger charge is -2.65. The summed E-state index contributed by atoms with van der Waals surface area (Å²) in [4.78, 5) is 0. The van der Waals surface area contributed by atoms with Gasteiger partial charge in [-0.15, -0.1) is 0 Å². The van der Waals surface area contributed by atoms with Crippen molar-refractivity contribution in [3.8, 4) is 0 Å². The molecule has 0 radical (unpaired) electrons. The van der Waals surface area contributed by atoms with Crippen LogP contribution in [0.4, 0.5) is 0 Å². The van der Waals surface area contributed by atoms with Gasteiger partial charge in [0.05, 0.1) is 0 Å².